The summed E-state index contributed by atoms with van der Waals surface area (Å²) in [7, 11) is -3.75. The van der Waals surface area contributed by atoms with Crippen LogP contribution in [0.3, 0.4) is 0 Å². The minimum atomic E-state index is -3.75. The van der Waals surface area contributed by atoms with E-state index in [1.807, 2.05) is 4.90 Å². The van der Waals surface area contributed by atoms with Crippen LogP contribution in [-0.4, -0.2) is 31.8 Å². The fraction of sp³-hybridized carbons (Fsp3) is 0.588. The van der Waals surface area contributed by atoms with Crippen molar-refractivity contribution in [1.29, 1.82) is 0 Å². The third-order valence-electron chi connectivity index (χ3n) is 5.42. The van der Waals surface area contributed by atoms with Crippen molar-refractivity contribution in [2.24, 2.45) is 16.5 Å². The molecular formula is C17H24N2O3S. The van der Waals surface area contributed by atoms with Gasteiger partial charge in [-0.15, -0.1) is 0 Å². The van der Waals surface area contributed by atoms with Crippen LogP contribution in [0.25, 0.3) is 0 Å². The number of hydrogen-bond acceptors (Lipinski definition) is 3. The van der Waals surface area contributed by atoms with Crippen molar-refractivity contribution < 1.29 is 13.2 Å². The Balaban J connectivity index is 1.85. The first kappa shape index (κ1) is 16.5. The average molecular weight is 336 g/mol. The molecule has 1 heterocycles. The number of sulfonamides is 1. The molecule has 1 aliphatic carbocycles. The summed E-state index contributed by atoms with van der Waals surface area (Å²) in [5.41, 5.74) is 1.38. The van der Waals surface area contributed by atoms with E-state index in [2.05, 4.69) is 13.8 Å². The van der Waals surface area contributed by atoms with Crippen molar-refractivity contribution in [1.82, 2.24) is 4.90 Å². The molecule has 1 aromatic carbocycles. The molecule has 0 radical (unpaired) electrons. The molecule has 1 amide bonds. The molecule has 1 aromatic rings. The quantitative estimate of drug-likeness (QED) is 0.919. The van der Waals surface area contributed by atoms with Crippen LogP contribution in [-0.2, 0) is 10.0 Å². The van der Waals surface area contributed by atoms with Crippen molar-refractivity contribution in [3.05, 3.63) is 29.3 Å². The Labute approximate surface area is 137 Å². The maximum absolute atomic E-state index is 12.8. The monoisotopic (exact) mass is 336 g/mol. The lowest BCUT2D eigenvalue weighted by Crippen LogP contribution is -2.70. The number of nitrogens with two attached hydrogens (primary N) is 1. The summed E-state index contributed by atoms with van der Waals surface area (Å²) in [5, 5.41) is 5.18. The summed E-state index contributed by atoms with van der Waals surface area (Å²) in [6.45, 7) is 6.82. The van der Waals surface area contributed by atoms with Gasteiger partial charge in [0, 0.05) is 23.6 Å². The van der Waals surface area contributed by atoms with E-state index in [0.717, 1.165) is 6.54 Å². The van der Waals surface area contributed by atoms with E-state index >= 15 is 0 Å². The number of carbonyl (C=O) groups is 1. The first-order valence-electron chi connectivity index (χ1n) is 8.10. The molecule has 3 rings (SSSR count). The Kier molecular flexibility index (Phi) is 3.80. The van der Waals surface area contributed by atoms with Gasteiger partial charge in [-0.3, -0.25) is 4.79 Å². The standard InChI is InChI=1S/C17H24N2O3S/c1-11(2)15-17(7-4-8-17)10-19(15)16(20)13-5-6-14(12(3)9-13)23(18,21)22/h5-6,9,11,15H,4,7-8,10H2,1-3H3,(H2,18,21,22). The predicted molar refractivity (Wildman–Crippen MR) is 88.5 cm³/mol. The molecule has 2 N–H and O–H groups in total. The van der Waals surface area contributed by atoms with Gasteiger partial charge in [-0.1, -0.05) is 20.3 Å². The van der Waals surface area contributed by atoms with Crippen molar-refractivity contribution in [2.45, 2.75) is 51.0 Å². The van der Waals surface area contributed by atoms with E-state index in [0.29, 0.717) is 28.5 Å². The van der Waals surface area contributed by atoms with Gasteiger partial charge >= 0.3 is 0 Å². The highest BCUT2D eigenvalue weighted by atomic mass is 32.2. The zero-order chi connectivity index (χ0) is 17.0. The summed E-state index contributed by atoms with van der Waals surface area (Å²) in [6.07, 6.45) is 3.68. The van der Waals surface area contributed by atoms with Crippen LogP contribution >= 0.6 is 0 Å². The maximum atomic E-state index is 12.8. The number of amides is 1. The predicted octanol–water partition coefficient (Wildman–Crippen LogP) is 2.29. The minimum absolute atomic E-state index is 0.00899. The van der Waals surface area contributed by atoms with Gasteiger partial charge < -0.3 is 4.90 Å². The van der Waals surface area contributed by atoms with Crippen LogP contribution in [0.2, 0.25) is 0 Å². The number of benzene rings is 1. The summed E-state index contributed by atoms with van der Waals surface area (Å²) in [4.78, 5) is 14.9. The highest BCUT2D eigenvalue weighted by Gasteiger charge is 2.58. The zero-order valence-electron chi connectivity index (χ0n) is 13.9. The van der Waals surface area contributed by atoms with E-state index in [-0.39, 0.29) is 10.8 Å². The van der Waals surface area contributed by atoms with Gasteiger partial charge in [-0.05, 0) is 49.4 Å². The van der Waals surface area contributed by atoms with Gasteiger partial charge in [-0.25, -0.2) is 13.6 Å². The number of likely N-dealkylation sites (tertiary alicyclic amines) is 1. The highest BCUT2D eigenvalue weighted by Crippen LogP contribution is 2.55. The van der Waals surface area contributed by atoms with Gasteiger partial charge in [0.1, 0.15) is 0 Å². The Hall–Kier alpha value is -1.40. The lowest BCUT2D eigenvalue weighted by Gasteiger charge is -2.64. The molecule has 0 aromatic heterocycles. The number of primary sulfonamides is 1. The fourth-order valence-corrected chi connectivity index (χ4v) is 5.13. The second-order valence-electron chi connectivity index (χ2n) is 7.36. The number of carbonyl (C=O) groups excluding carboxylic acids is 1. The lowest BCUT2D eigenvalue weighted by molar-refractivity contribution is -0.120. The molecule has 1 unspecified atom stereocenters. The van der Waals surface area contributed by atoms with Crippen molar-refractivity contribution >= 4 is 15.9 Å². The van der Waals surface area contributed by atoms with Gasteiger partial charge in [0.15, 0.2) is 0 Å². The van der Waals surface area contributed by atoms with Crippen LogP contribution in [0.5, 0.6) is 0 Å². The molecule has 2 fully saturated rings. The Morgan fingerprint density at radius 1 is 1.35 bits per heavy atom. The molecule has 6 heteroatoms. The zero-order valence-corrected chi connectivity index (χ0v) is 14.7. The maximum Gasteiger partial charge on any atom is 0.254 e. The van der Waals surface area contributed by atoms with E-state index in [9.17, 15) is 13.2 Å². The van der Waals surface area contributed by atoms with Gasteiger partial charge in [0.2, 0.25) is 10.0 Å². The topological polar surface area (TPSA) is 80.5 Å². The molecule has 1 atom stereocenters. The lowest BCUT2D eigenvalue weighted by atomic mass is 9.55. The number of aryl methyl sites for hydroxylation is 1. The highest BCUT2D eigenvalue weighted by molar-refractivity contribution is 7.89. The van der Waals surface area contributed by atoms with Gasteiger partial charge in [0.05, 0.1) is 4.90 Å². The van der Waals surface area contributed by atoms with E-state index in [1.165, 1.54) is 25.3 Å². The molecule has 1 spiro atoms. The Bertz CT molecular complexity index is 751. The number of hydrogen-bond donors (Lipinski definition) is 1. The fourth-order valence-electron chi connectivity index (χ4n) is 4.37. The first-order valence-corrected chi connectivity index (χ1v) is 9.65. The van der Waals surface area contributed by atoms with Crippen molar-refractivity contribution in [3.8, 4) is 0 Å². The van der Waals surface area contributed by atoms with Crippen molar-refractivity contribution in [2.75, 3.05) is 6.54 Å². The van der Waals surface area contributed by atoms with Crippen LogP contribution in [0, 0.1) is 18.3 Å². The molecule has 5 nitrogen and oxygen atoms in total. The molecular weight excluding hydrogens is 312 g/mol. The second kappa shape index (κ2) is 5.31. The molecule has 1 saturated carbocycles. The number of nitrogens with zero attached hydrogens (tertiary/aromatic N) is 1. The molecule has 1 saturated heterocycles. The number of rotatable bonds is 3. The summed E-state index contributed by atoms with van der Waals surface area (Å²) in [6, 6.07) is 4.92. The smallest absolute Gasteiger partial charge is 0.254 e. The average Bonchev–Trinajstić information content (AvgIpc) is 2.33. The van der Waals surface area contributed by atoms with E-state index in [1.54, 1.807) is 19.1 Å². The summed E-state index contributed by atoms with van der Waals surface area (Å²) >= 11 is 0. The van der Waals surface area contributed by atoms with Crippen LogP contribution in [0.4, 0.5) is 0 Å². The third kappa shape index (κ3) is 2.58. The normalized spacial score (nSPS) is 22.8. The van der Waals surface area contributed by atoms with Gasteiger partial charge in [0.25, 0.3) is 5.91 Å². The SMILES string of the molecule is Cc1cc(C(=O)N2CC3(CCC3)C2C(C)C)ccc1S(N)(=O)=O. The van der Waals surface area contributed by atoms with E-state index < -0.39 is 10.0 Å². The molecule has 1 aliphatic heterocycles. The summed E-state index contributed by atoms with van der Waals surface area (Å²) < 4.78 is 23.0. The largest absolute Gasteiger partial charge is 0.334 e. The van der Waals surface area contributed by atoms with Crippen LogP contribution < -0.4 is 5.14 Å². The van der Waals surface area contributed by atoms with Crippen molar-refractivity contribution in [3.63, 3.8) is 0 Å². The van der Waals surface area contributed by atoms with Gasteiger partial charge in [-0.2, -0.15) is 0 Å². The third-order valence-corrected chi connectivity index (χ3v) is 6.49. The Morgan fingerprint density at radius 2 is 2.00 bits per heavy atom. The molecule has 0 bridgehead atoms. The first-order chi connectivity index (χ1) is 10.7. The van der Waals surface area contributed by atoms with Crippen LogP contribution in [0.15, 0.2) is 23.1 Å². The second-order valence-corrected chi connectivity index (χ2v) is 8.89. The minimum Gasteiger partial charge on any atom is -0.334 e. The van der Waals surface area contributed by atoms with Crippen LogP contribution in [0.1, 0.15) is 49.0 Å². The molecule has 2 aliphatic rings. The molecule has 23 heavy (non-hydrogen) atoms. The molecule has 126 valence electrons. The Morgan fingerprint density at radius 3 is 2.43 bits per heavy atom. The van der Waals surface area contributed by atoms with E-state index in [4.69, 9.17) is 5.14 Å². The summed E-state index contributed by atoms with van der Waals surface area (Å²) in [5.74, 6) is 0.420.